The minimum absolute atomic E-state index is 0.287. The van der Waals surface area contributed by atoms with Crippen LogP contribution in [0.3, 0.4) is 0 Å². The van der Waals surface area contributed by atoms with Crippen molar-refractivity contribution in [1.82, 2.24) is 0 Å². The summed E-state index contributed by atoms with van der Waals surface area (Å²) >= 11 is 0. The maximum Gasteiger partial charge on any atom is 0.169 e. The first kappa shape index (κ1) is 17.4. The molecule has 1 aromatic heterocycles. The molecule has 0 aliphatic heterocycles. The molecule has 0 atom stereocenters. The van der Waals surface area contributed by atoms with Gasteiger partial charge in [0.05, 0.1) is 10.1 Å². The van der Waals surface area contributed by atoms with Crippen LogP contribution < -0.4 is 4.57 Å². The third-order valence-electron chi connectivity index (χ3n) is 3.52. The zero-order chi connectivity index (χ0) is 16.7. The lowest BCUT2D eigenvalue weighted by atomic mass is 10.1. The Kier molecular flexibility index (Phi) is 6.07. The standard InChI is InChI=1S/C18H21NO3S/c1-16-4-6-17(7-5-16)8-9-18-10-13-19(14-11-18)12-2-3-15-23(20,21)22/h4-11,13-14H,2-3,12,15H2,1H3/b9-8+. The van der Waals surface area contributed by atoms with Crippen LogP contribution in [-0.2, 0) is 16.7 Å². The first-order chi connectivity index (χ1) is 10.9. The molecule has 2 rings (SSSR count). The van der Waals surface area contributed by atoms with Crippen molar-refractivity contribution in [1.29, 1.82) is 0 Å². The molecule has 0 radical (unpaired) electrons. The van der Waals surface area contributed by atoms with E-state index in [1.807, 2.05) is 29.1 Å². The van der Waals surface area contributed by atoms with E-state index in [2.05, 4.69) is 43.3 Å². The zero-order valence-electron chi connectivity index (χ0n) is 13.2. The summed E-state index contributed by atoms with van der Waals surface area (Å²) in [6.07, 6.45) is 9.11. The van der Waals surface area contributed by atoms with Crippen LogP contribution >= 0.6 is 0 Å². The van der Waals surface area contributed by atoms with E-state index in [-0.39, 0.29) is 5.75 Å². The van der Waals surface area contributed by atoms with E-state index in [1.165, 1.54) is 5.56 Å². The normalized spacial score (nSPS) is 11.9. The van der Waals surface area contributed by atoms with E-state index in [4.69, 9.17) is 0 Å². The minimum Gasteiger partial charge on any atom is -0.748 e. The van der Waals surface area contributed by atoms with Crippen LogP contribution in [0.2, 0.25) is 0 Å². The third-order valence-corrected chi connectivity index (χ3v) is 4.31. The molecule has 1 aromatic carbocycles. The Morgan fingerprint density at radius 1 is 0.957 bits per heavy atom. The van der Waals surface area contributed by atoms with Crippen molar-refractivity contribution in [2.45, 2.75) is 26.3 Å². The van der Waals surface area contributed by atoms with Crippen LogP contribution in [0.5, 0.6) is 0 Å². The van der Waals surface area contributed by atoms with Crippen molar-refractivity contribution in [3.63, 3.8) is 0 Å². The maximum absolute atomic E-state index is 10.5. The summed E-state index contributed by atoms with van der Waals surface area (Å²) in [5, 5.41) is 0. The minimum atomic E-state index is -4.09. The molecular weight excluding hydrogens is 310 g/mol. The van der Waals surface area contributed by atoms with Gasteiger partial charge in [-0.25, -0.2) is 13.0 Å². The van der Waals surface area contributed by atoms with Gasteiger partial charge in [0, 0.05) is 24.3 Å². The Balaban J connectivity index is 1.85. The fraction of sp³-hybridized carbons (Fsp3) is 0.278. The molecule has 4 nitrogen and oxygen atoms in total. The van der Waals surface area contributed by atoms with Gasteiger partial charge >= 0.3 is 0 Å². The number of rotatable bonds is 7. The van der Waals surface area contributed by atoms with Crippen molar-refractivity contribution in [3.8, 4) is 0 Å². The van der Waals surface area contributed by atoms with Gasteiger partial charge in [-0.2, -0.15) is 0 Å². The second-order valence-corrected chi connectivity index (χ2v) is 7.11. The van der Waals surface area contributed by atoms with Gasteiger partial charge in [0.15, 0.2) is 12.4 Å². The summed E-state index contributed by atoms with van der Waals surface area (Å²) in [5.41, 5.74) is 3.50. The van der Waals surface area contributed by atoms with Gasteiger partial charge in [0.1, 0.15) is 6.54 Å². The average Bonchev–Trinajstić information content (AvgIpc) is 2.51. The number of aryl methyl sites for hydroxylation is 2. The molecule has 2 aromatic rings. The lowest BCUT2D eigenvalue weighted by molar-refractivity contribution is -0.697. The highest BCUT2D eigenvalue weighted by molar-refractivity contribution is 7.85. The van der Waals surface area contributed by atoms with Crippen molar-refractivity contribution < 1.29 is 17.5 Å². The second kappa shape index (κ2) is 8.04. The Morgan fingerprint density at radius 3 is 2.09 bits per heavy atom. The quantitative estimate of drug-likeness (QED) is 0.445. The number of aromatic nitrogens is 1. The fourth-order valence-electron chi connectivity index (χ4n) is 2.17. The van der Waals surface area contributed by atoms with Crippen LogP contribution in [0.25, 0.3) is 12.2 Å². The maximum atomic E-state index is 10.5. The van der Waals surface area contributed by atoms with Gasteiger partial charge in [-0.3, -0.25) is 0 Å². The van der Waals surface area contributed by atoms with E-state index in [0.29, 0.717) is 19.4 Å². The number of nitrogens with zero attached hydrogens (tertiary/aromatic N) is 1. The summed E-state index contributed by atoms with van der Waals surface area (Å²) in [6, 6.07) is 12.4. The smallest absolute Gasteiger partial charge is 0.169 e. The zero-order valence-corrected chi connectivity index (χ0v) is 14.0. The lowest BCUT2D eigenvalue weighted by Crippen LogP contribution is -2.32. The summed E-state index contributed by atoms with van der Waals surface area (Å²) in [7, 11) is -4.09. The fourth-order valence-corrected chi connectivity index (χ4v) is 2.73. The number of unbranched alkanes of at least 4 members (excludes halogenated alkanes) is 1. The van der Waals surface area contributed by atoms with E-state index >= 15 is 0 Å². The van der Waals surface area contributed by atoms with Gasteiger partial charge in [0.2, 0.25) is 0 Å². The van der Waals surface area contributed by atoms with Crippen molar-refractivity contribution >= 4 is 22.3 Å². The number of hydrogen-bond acceptors (Lipinski definition) is 3. The third kappa shape index (κ3) is 6.76. The van der Waals surface area contributed by atoms with Crippen LogP contribution in [0, 0.1) is 6.92 Å². The topological polar surface area (TPSA) is 61.1 Å². The Hall–Kier alpha value is -1.98. The van der Waals surface area contributed by atoms with Gasteiger partial charge in [-0.1, -0.05) is 42.0 Å². The Morgan fingerprint density at radius 2 is 1.52 bits per heavy atom. The van der Waals surface area contributed by atoms with Crippen molar-refractivity contribution in [2.24, 2.45) is 0 Å². The molecule has 0 saturated heterocycles. The monoisotopic (exact) mass is 331 g/mol. The highest BCUT2D eigenvalue weighted by atomic mass is 32.2. The highest BCUT2D eigenvalue weighted by Gasteiger charge is 2.01. The van der Waals surface area contributed by atoms with Gasteiger partial charge in [0.25, 0.3) is 0 Å². The van der Waals surface area contributed by atoms with Crippen LogP contribution in [-0.4, -0.2) is 18.7 Å². The van der Waals surface area contributed by atoms with Crippen LogP contribution in [0.4, 0.5) is 0 Å². The summed E-state index contributed by atoms with van der Waals surface area (Å²) < 4.78 is 33.6. The Bertz CT molecular complexity index is 748. The van der Waals surface area contributed by atoms with E-state index < -0.39 is 10.1 Å². The van der Waals surface area contributed by atoms with Gasteiger partial charge in [-0.05, 0) is 24.5 Å². The first-order valence-electron chi connectivity index (χ1n) is 7.60. The number of pyridine rings is 1. The molecule has 0 N–H and O–H groups in total. The van der Waals surface area contributed by atoms with E-state index in [1.54, 1.807) is 0 Å². The van der Waals surface area contributed by atoms with Crippen LogP contribution in [0.15, 0.2) is 48.8 Å². The molecule has 23 heavy (non-hydrogen) atoms. The summed E-state index contributed by atoms with van der Waals surface area (Å²) in [6.45, 7) is 2.77. The van der Waals surface area contributed by atoms with Crippen molar-refractivity contribution in [3.05, 3.63) is 65.5 Å². The molecule has 122 valence electrons. The van der Waals surface area contributed by atoms with Crippen LogP contribution in [0.1, 0.15) is 29.5 Å². The van der Waals surface area contributed by atoms with Crippen molar-refractivity contribution in [2.75, 3.05) is 5.75 Å². The molecule has 0 bridgehead atoms. The van der Waals surface area contributed by atoms with E-state index in [9.17, 15) is 13.0 Å². The predicted molar refractivity (Wildman–Crippen MR) is 90.5 cm³/mol. The molecule has 0 amide bonds. The summed E-state index contributed by atoms with van der Waals surface area (Å²) in [4.78, 5) is 0. The SMILES string of the molecule is Cc1ccc(/C=C/c2cc[n+](CCCCS(=O)(=O)[O-])cc2)cc1. The van der Waals surface area contributed by atoms with Gasteiger partial charge < -0.3 is 4.55 Å². The molecule has 0 spiro atoms. The second-order valence-electron chi connectivity index (χ2n) is 5.58. The number of hydrogen-bond donors (Lipinski definition) is 0. The molecule has 0 aliphatic rings. The molecule has 0 aliphatic carbocycles. The van der Waals surface area contributed by atoms with E-state index in [0.717, 1.165) is 11.1 Å². The molecule has 0 fully saturated rings. The molecule has 5 heteroatoms. The lowest BCUT2D eigenvalue weighted by Gasteiger charge is -2.04. The van der Waals surface area contributed by atoms with Gasteiger partial charge in [-0.15, -0.1) is 0 Å². The molecule has 1 heterocycles. The number of benzene rings is 1. The molecule has 0 saturated carbocycles. The highest BCUT2D eigenvalue weighted by Crippen LogP contribution is 2.08. The predicted octanol–water partition coefficient (Wildman–Crippen LogP) is 2.78. The summed E-state index contributed by atoms with van der Waals surface area (Å²) in [5.74, 6) is -0.287. The Labute approximate surface area is 137 Å². The largest absolute Gasteiger partial charge is 0.748 e. The molecule has 0 unspecified atom stereocenters. The molecular formula is C18H21NO3S. The average molecular weight is 331 g/mol. The first-order valence-corrected chi connectivity index (χ1v) is 9.17.